The van der Waals surface area contributed by atoms with Crippen molar-refractivity contribution in [3.8, 4) is 0 Å². The molecule has 0 saturated carbocycles. The number of nitrogens with one attached hydrogen (secondary N) is 3. The third kappa shape index (κ3) is 6.75. The highest BCUT2D eigenvalue weighted by atomic mass is 35.5. The molecule has 2 heterocycles. The van der Waals surface area contributed by atoms with Crippen molar-refractivity contribution in [2.75, 3.05) is 33.6 Å². The number of hydrogen-bond acceptors (Lipinski definition) is 8. The normalized spacial score (nSPS) is 11.1. The molecule has 0 saturated heterocycles. The third-order valence-corrected chi connectivity index (χ3v) is 6.58. The highest BCUT2D eigenvalue weighted by Gasteiger charge is 2.12. The predicted octanol–water partition coefficient (Wildman–Crippen LogP) is 5.28. The Morgan fingerprint density at radius 2 is 1.64 bits per heavy atom. The molecule has 0 atom stereocenters. The molecule has 0 fully saturated rings. The molecule has 5 aromatic rings. The van der Waals surface area contributed by atoms with Gasteiger partial charge in [-0.2, -0.15) is 4.98 Å². The smallest absolute Gasteiger partial charge is 0.229 e. The highest BCUT2D eigenvalue weighted by Crippen LogP contribution is 2.28. The first-order chi connectivity index (χ1) is 18.2. The Balaban J connectivity index is 0.00000353. The molecular formula is C27H29ClN8O2S. The molecule has 39 heavy (non-hydrogen) atoms. The molecule has 0 spiro atoms. The van der Waals surface area contributed by atoms with Crippen LogP contribution in [0.3, 0.4) is 0 Å². The number of fused-ring (bicyclic) bond motifs is 1. The third-order valence-electron chi connectivity index (χ3n) is 5.97. The van der Waals surface area contributed by atoms with E-state index in [1.54, 1.807) is 30.5 Å². The van der Waals surface area contributed by atoms with Gasteiger partial charge in [0.05, 0.1) is 17.3 Å². The van der Waals surface area contributed by atoms with Gasteiger partial charge in [-0.15, -0.1) is 12.4 Å². The van der Waals surface area contributed by atoms with Gasteiger partial charge in [-0.05, 0) is 54.1 Å². The molecule has 3 aromatic carbocycles. The van der Waals surface area contributed by atoms with Gasteiger partial charge in [0.15, 0.2) is 0 Å². The molecule has 0 amide bonds. The van der Waals surface area contributed by atoms with Crippen molar-refractivity contribution in [2.24, 2.45) is 7.05 Å². The summed E-state index contributed by atoms with van der Waals surface area (Å²) in [5, 5.41) is 6.58. The topological polar surface area (TPSA) is 117 Å². The molecule has 0 bridgehead atoms. The molecule has 10 nitrogen and oxygen atoms in total. The van der Waals surface area contributed by atoms with Crippen LogP contribution in [-0.2, 0) is 23.6 Å². The van der Waals surface area contributed by atoms with Crippen molar-refractivity contribution in [1.29, 1.82) is 0 Å². The zero-order valence-corrected chi connectivity index (χ0v) is 23.3. The maximum atomic E-state index is 11.4. The fourth-order valence-corrected chi connectivity index (χ4v) is 4.59. The van der Waals surface area contributed by atoms with E-state index >= 15 is 0 Å². The zero-order chi connectivity index (χ0) is 26.7. The van der Waals surface area contributed by atoms with E-state index < -0.39 is 10.0 Å². The van der Waals surface area contributed by atoms with Crippen LogP contribution in [0.4, 0.5) is 34.8 Å². The number of hydrogen-bond donors (Lipinski definition) is 3. The first-order valence-corrected chi connectivity index (χ1v) is 13.8. The van der Waals surface area contributed by atoms with Crippen molar-refractivity contribution in [3.63, 3.8) is 0 Å². The maximum absolute atomic E-state index is 11.4. The number of nitrogens with zero attached hydrogens (tertiary/aromatic N) is 5. The molecular weight excluding hydrogens is 536 g/mol. The number of anilines is 6. The summed E-state index contributed by atoms with van der Waals surface area (Å²) in [4.78, 5) is 15.7. The minimum absolute atomic E-state index is 0. The van der Waals surface area contributed by atoms with E-state index in [4.69, 9.17) is 4.98 Å². The quantitative estimate of drug-likeness (QED) is 0.221. The molecule has 0 aliphatic rings. The van der Waals surface area contributed by atoms with E-state index in [-0.39, 0.29) is 12.4 Å². The zero-order valence-electron chi connectivity index (χ0n) is 21.7. The maximum Gasteiger partial charge on any atom is 0.229 e. The van der Waals surface area contributed by atoms with Crippen LogP contribution < -0.4 is 20.3 Å². The van der Waals surface area contributed by atoms with Crippen LogP contribution in [0.5, 0.6) is 0 Å². The number of halogens is 1. The lowest BCUT2D eigenvalue weighted by atomic mass is 10.2. The molecule has 2 aromatic heterocycles. The molecule has 12 heteroatoms. The lowest BCUT2D eigenvalue weighted by molar-refractivity contribution is 0.607. The fourth-order valence-electron chi connectivity index (χ4n) is 4.03. The van der Waals surface area contributed by atoms with E-state index in [0.29, 0.717) is 24.0 Å². The van der Waals surface area contributed by atoms with Crippen molar-refractivity contribution in [2.45, 2.75) is 6.54 Å². The number of sulfonamides is 1. The van der Waals surface area contributed by atoms with Crippen LogP contribution in [0, 0.1) is 0 Å². The monoisotopic (exact) mass is 564 g/mol. The van der Waals surface area contributed by atoms with E-state index in [9.17, 15) is 8.42 Å². The van der Waals surface area contributed by atoms with E-state index in [0.717, 1.165) is 34.6 Å². The number of rotatable bonds is 9. The summed E-state index contributed by atoms with van der Waals surface area (Å²) in [5.41, 5.74) is 5.24. The largest absolute Gasteiger partial charge is 0.352 e. The Bertz CT molecular complexity index is 1680. The van der Waals surface area contributed by atoms with Crippen molar-refractivity contribution in [3.05, 3.63) is 90.6 Å². The molecule has 202 valence electrons. The Morgan fingerprint density at radius 1 is 0.923 bits per heavy atom. The summed E-state index contributed by atoms with van der Waals surface area (Å²) in [5.74, 6) is 1.93. The molecule has 3 N–H and O–H groups in total. The van der Waals surface area contributed by atoms with Gasteiger partial charge in [-0.1, -0.05) is 30.3 Å². The predicted molar refractivity (Wildman–Crippen MR) is 160 cm³/mol. The molecule has 0 aliphatic carbocycles. The minimum atomic E-state index is -3.33. The van der Waals surface area contributed by atoms with Gasteiger partial charge in [-0.25, -0.2) is 18.4 Å². The summed E-state index contributed by atoms with van der Waals surface area (Å²) >= 11 is 0. The Hall–Kier alpha value is -4.35. The van der Waals surface area contributed by atoms with Gasteiger partial charge < -0.3 is 20.1 Å². The lowest BCUT2D eigenvalue weighted by Crippen LogP contribution is -2.12. The number of aromatic nitrogens is 4. The van der Waals surface area contributed by atoms with Crippen LogP contribution in [0.25, 0.3) is 11.0 Å². The van der Waals surface area contributed by atoms with Crippen LogP contribution in [0.2, 0.25) is 0 Å². The second kappa shape index (κ2) is 11.6. The van der Waals surface area contributed by atoms with Crippen LogP contribution >= 0.6 is 12.4 Å². The summed E-state index contributed by atoms with van der Waals surface area (Å²) in [7, 11) is 0.609. The van der Waals surface area contributed by atoms with Gasteiger partial charge in [0.25, 0.3) is 0 Å². The number of aryl methyl sites for hydroxylation is 1. The van der Waals surface area contributed by atoms with Crippen LogP contribution in [-0.4, -0.2) is 41.2 Å². The van der Waals surface area contributed by atoms with Crippen LogP contribution in [0.15, 0.2) is 85.1 Å². The van der Waals surface area contributed by atoms with Gasteiger partial charge in [0, 0.05) is 43.9 Å². The number of imidazole rings is 1. The first-order valence-electron chi connectivity index (χ1n) is 11.9. The summed E-state index contributed by atoms with van der Waals surface area (Å²) < 4.78 is 27.3. The first kappa shape index (κ1) is 27.7. The average Bonchev–Trinajstić information content (AvgIpc) is 3.22. The molecule has 0 aliphatic heterocycles. The standard InChI is InChI=1S/C27H28N8O2S.ClH/c1-34(25-15-16-28-26(32-25)30-20-9-11-21(12-10-20)33-38(3,36)37)22-13-14-24-23(17-22)31-27(35(24)2)29-18-19-7-5-4-6-8-19;/h4-17,33H,18H2,1-3H3,(H,29,31)(H,28,30,32);1H. The van der Waals surface area contributed by atoms with E-state index in [1.165, 1.54) is 5.56 Å². The van der Waals surface area contributed by atoms with Crippen molar-refractivity contribution < 1.29 is 8.42 Å². The Labute approximate surface area is 233 Å². The molecule has 0 unspecified atom stereocenters. The molecule has 5 rings (SSSR count). The van der Waals surface area contributed by atoms with Crippen molar-refractivity contribution in [1.82, 2.24) is 19.5 Å². The van der Waals surface area contributed by atoms with Crippen molar-refractivity contribution >= 4 is 68.2 Å². The SMILES string of the molecule is CN(c1ccc2c(c1)nc(NCc1ccccc1)n2C)c1ccnc(Nc2ccc(NS(C)(=O)=O)cc2)n1.Cl. The van der Waals surface area contributed by atoms with E-state index in [2.05, 4.69) is 37.5 Å². The second-order valence-corrected chi connectivity index (χ2v) is 10.6. The van der Waals surface area contributed by atoms with Gasteiger partial charge in [0.2, 0.25) is 21.9 Å². The van der Waals surface area contributed by atoms with Crippen LogP contribution in [0.1, 0.15) is 5.56 Å². The minimum Gasteiger partial charge on any atom is -0.352 e. The van der Waals surface area contributed by atoms with Gasteiger partial charge >= 0.3 is 0 Å². The fraction of sp³-hybridized carbons (Fsp3) is 0.148. The summed E-state index contributed by atoms with van der Waals surface area (Å²) in [6.45, 7) is 0.693. The van der Waals surface area contributed by atoms with Gasteiger partial charge in [-0.3, -0.25) is 4.72 Å². The number of benzene rings is 3. The van der Waals surface area contributed by atoms with E-state index in [1.807, 2.05) is 66.0 Å². The average molecular weight is 565 g/mol. The lowest BCUT2D eigenvalue weighted by Gasteiger charge is -2.19. The molecule has 0 radical (unpaired) electrons. The summed E-state index contributed by atoms with van der Waals surface area (Å²) in [6, 6.07) is 25.0. The Morgan fingerprint density at radius 3 is 2.36 bits per heavy atom. The highest BCUT2D eigenvalue weighted by molar-refractivity contribution is 7.92. The van der Waals surface area contributed by atoms with Gasteiger partial charge in [0.1, 0.15) is 5.82 Å². The Kier molecular flexibility index (Phi) is 8.22. The second-order valence-electron chi connectivity index (χ2n) is 8.88. The summed E-state index contributed by atoms with van der Waals surface area (Å²) in [6.07, 6.45) is 2.80.